The fourth-order valence-corrected chi connectivity index (χ4v) is 2.64. The molecule has 0 spiro atoms. The fourth-order valence-electron chi connectivity index (χ4n) is 2.29. The van der Waals surface area contributed by atoms with Gasteiger partial charge in [0.2, 0.25) is 0 Å². The quantitative estimate of drug-likeness (QED) is 0.452. The van der Waals surface area contributed by atoms with Crippen molar-refractivity contribution >= 4 is 40.3 Å². The number of benzene rings is 2. The molecule has 2 N–H and O–H groups in total. The van der Waals surface area contributed by atoms with Crippen LogP contribution in [0.25, 0.3) is 0 Å². The van der Waals surface area contributed by atoms with Crippen molar-refractivity contribution in [3.8, 4) is 0 Å². The van der Waals surface area contributed by atoms with E-state index in [1.165, 1.54) is 23.8 Å². The van der Waals surface area contributed by atoms with Crippen LogP contribution in [0, 0.1) is 10.1 Å². The van der Waals surface area contributed by atoms with E-state index in [2.05, 4.69) is 21.6 Å². The van der Waals surface area contributed by atoms with E-state index in [1.807, 2.05) is 32.3 Å². The highest BCUT2D eigenvalue weighted by molar-refractivity contribution is 7.80. The molecule has 0 amide bonds. The average Bonchev–Trinajstić information content (AvgIpc) is 2.55. The summed E-state index contributed by atoms with van der Waals surface area (Å²) in [7, 11) is 4.03. The second-order valence-corrected chi connectivity index (χ2v) is 6.55. The van der Waals surface area contributed by atoms with Gasteiger partial charge in [0.25, 0.3) is 5.69 Å². The monoisotopic (exact) mass is 378 g/mol. The van der Waals surface area contributed by atoms with E-state index in [-0.39, 0.29) is 5.69 Å². The number of nitrogens with one attached hydrogen (secondary N) is 2. The van der Waals surface area contributed by atoms with Crippen LogP contribution in [-0.4, -0.2) is 29.0 Å². The first-order chi connectivity index (χ1) is 11.9. The van der Waals surface area contributed by atoms with Crippen molar-refractivity contribution in [2.24, 2.45) is 0 Å². The molecule has 6 nitrogen and oxygen atoms in total. The van der Waals surface area contributed by atoms with Crippen LogP contribution in [0.15, 0.2) is 42.5 Å². The number of nitro benzene ring substituents is 1. The number of rotatable bonds is 6. The van der Waals surface area contributed by atoms with Gasteiger partial charge in [0.15, 0.2) is 5.11 Å². The van der Waals surface area contributed by atoms with Gasteiger partial charge in [-0.05, 0) is 43.5 Å². The number of hydrogen-bond donors (Lipinski definition) is 2. The van der Waals surface area contributed by atoms with Crippen LogP contribution in [0.2, 0.25) is 5.02 Å². The zero-order valence-electron chi connectivity index (χ0n) is 14.0. The Labute approximate surface area is 156 Å². The van der Waals surface area contributed by atoms with Gasteiger partial charge in [0.1, 0.15) is 0 Å². The van der Waals surface area contributed by atoms with Crippen molar-refractivity contribution in [1.29, 1.82) is 0 Å². The molecule has 0 aliphatic rings. The molecular weight excluding hydrogens is 360 g/mol. The van der Waals surface area contributed by atoms with Crippen molar-refractivity contribution in [3.05, 3.63) is 68.7 Å². The topological polar surface area (TPSA) is 70.4 Å². The van der Waals surface area contributed by atoms with Crippen molar-refractivity contribution < 1.29 is 4.92 Å². The smallest absolute Gasteiger partial charge is 0.271 e. The number of non-ortho nitro benzene ring substituents is 1. The summed E-state index contributed by atoms with van der Waals surface area (Å²) in [5.41, 5.74) is 2.68. The van der Waals surface area contributed by atoms with Crippen LogP contribution in [0.1, 0.15) is 11.1 Å². The minimum atomic E-state index is -0.477. The molecule has 0 atom stereocenters. The first-order valence-electron chi connectivity index (χ1n) is 7.57. The van der Waals surface area contributed by atoms with Gasteiger partial charge in [-0.25, -0.2) is 0 Å². The highest BCUT2D eigenvalue weighted by Gasteiger charge is 2.11. The largest absolute Gasteiger partial charge is 0.358 e. The van der Waals surface area contributed by atoms with Gasteiger partial charge in [-0.1, -0.05) is 35.9 Å². The van der Waals surface area contributed by atoms with Gasteiger partial charge in [0, 0.05) is 25.2 Å². The average molecular weight is 379 g/mol. The van der Waals surface area contributed by atoms with Crippen molar-refractivity contribution in [2.45, 2.75) is 13.1 Å². The van der Waals surface area contributed by atoms with Crippen LogP contribution < -0.4 is 10.6 Å². The second-order valence-electron chi connectivity index (χ2n) is 5.74. The van der Waals surface area contributed by atoms with Crippen LogP contribution in [0.5, 0.6) is 0 Å². The molecule has 0 radical (unpaired) electrons. The Balaban J connectivity index is 2.02. The Hall–Kier alpha value is -2.22. The van der Waals surface area contributed by atoms with Gasteiger partial charge in [-0.3, -0.25) is 10.1 Å². The van der Waals surface area contributed by atoms with Gasteiger partial charge in [0.05, 0.1) is 15.6 Å². The molecule has 0 saturated heterocycles. The molecule has 25 heavy (non-hydrogen) atoms. The van der Waals surface area contributed by atoms with E-state index >= 15 is 0 Å². The van der Waals surface area contributed by atoms with Crippen LogP contribution in [-0.2, 0) is 13.1 Å². The molecule has 0 heterocycles. The van der Waals surface area contributed by atoms with Gasteiger partial charge in [-0.15, -0.1) is 0 Å². The number of thiocarbonyl (C=S) groups is 1. The Bertz CT molecular complexity index is 783. The third kappa shape index (κ3) is 5.67. The summed E-state index contributed by atoms with van der Waals surface area (Å²) >= 11 is 11.3. The summed E-state index contributed by atoms with van der Waals surface area (Å²) in [5, 5.41) is 17.6. The minimum absolute atomic E-state index is 0.0500. The third-order valence-electron chi connectivity index (χ3n) is 3.45. The van der Waals surface area contributed by atoms with Crippen molar-refractivity contribution in [1.82, 2.24) is 10.2 Å². The Morgan fingerprint density at radius 3 is 2.56 bits per heavy atom. The van der Waals surface area contributed by atoms with Gasteiger partial charge >= 0.3 is 0 Å². The summed E-state index contributed by atoms with van der Waals surface area (Å²) in [6, 6.07) is 12.3. The summed E-state index contributed by atoms with van der Waals surface area (Å²) < 4.78 is 0. The Morgan fingerprint density at radius 1 is 1.24 bits per heavy atom. The highest BCUT2D eigenvalue weighted by Crippen LogP contribution is 2.26. The summed E-state index contributed by atoms with van der Waals surface area (Å²) in [6.07, 6.45) is 0. The molecule has 0 fully saturated rings. The molecule has 2 aromatic carbocycles. The summed E-state index contributed by atoms with van der Waals surface area (Å²) in [6.45, 7) is 1.37. The lowest BCUT2D eigenvalue weighted by Crippen LogP contribution is -2.28. The van der Waals surface area contributed by atoms with Crippen molar-refractivity contribution in [3.63, 3.8) is 0 Å². The normalized spacial score (nSPS) is 10.6. The second kappa shape index (κ2) is 8.75. The van der Waals surface area contributed by atoms with E-state index in [0.29, 0.717) is 22.4 Å². The molecule has 132 valence electrons. The molecule has 2 rings (SSSR count). The lowest BCUT2D eigenvalue weighted by Gasteiger charge is -2.16. The summed E-state index contributed by atoms with van der Waals surface area (Å²) in [5.74, 6) is 0. The number of nitro groups is 1. The zero-order valence-corrected chi connectivity index (χ0v) is 15.5. The van der Waals surface area contributed by atoms with Crippen LogP contribution >= 0.6 is 23.8 Å². The molecule has 2 aromatic rings. The van der Waals surface area contributed by atoms with Crippen LogP contribution in [0.4, 0.5) is 11.4 Å². The third-order valence-corrected chi connectivity index (χ3v) is 4.03. The molecule has 0 aliphatic heterocycles. The van der Waals surface area contributed by atoms with Gasteiger partial charge in [-0.2, -0.15) is 0 Å². The van der Waals surface area contributed by atoms with E-state index < -0.39 is 4.92 Å². The predicted octanol–water partition coefficient (Wildman–Crippen LogP) is 3.80. The highest BCUT2D eigenvalue weighted by atomic mass is 35.5. The molecule has 0 aliphatic carbocycles. The van der Waals surface area contributed by atoms with E-state index in [9.17, 15) is 10.1 Å². The zero-order chi connectivity index (χ0) is 18.4. The first-order valence-corrected chi connectivity index (χ1v) is 8.35. The molecule has 8 heteroatoms. The van der Waals surface area contributed by atoms with E-state index in [1.54, 1.807) is 0 Å². The predicted molar refractivity (Wildman–Crippen MR) is 105 cm³/mol. The molecule has 0 unspecified atom stereocenters. The lowest BCUT2D eigenvalue weighted by molar-refractivity contribution is -0.384. The number of nitrogens with zero attached hydrogens (tertiary/aromatic N) is 2. The first kappa shape index (κ1) is 19.1. The Morgan fingerprint density at radius 2 is 1.92 bits per heavy atom. The number of hydrogen-bond acceptors (Lipinski definition) is 4. The molecular formula is C17H19ClN4O2S. The standard InChI is InChI=1S/C17H19ClN4O2S/c1-21(2)11-13-6-4-3-5-12(13)10-19-17(25)20-16-9-14(22(23)24)7-8-15(16)18/h3-9H,10-11H2,1-2H3,(H2,19,20,25). The molecule has 0 bridgehead atoms. The number of halogens is 1. The maximum absolute atomic E-state index is 10.9. The maximum atomic E-state index is 10.9. The Kier molecular flexibility index (Phi) is 6.69. The van der Waals surface area contributed by atoms with Crippen molar-refractivity contribution in [2.75, 3.05) is 19.4 Å². The van der Waals surface area contributed by atoms with Crippen LogP contribution in [0.3, 0.4) is 0 Å². The molecule has 0 aromatic heterocycles. The number of anilines is 1. The summed E-state index contributed by atoms with van der Waals surface area (Å²) in [4.78, 5) is 12.5. The minimum Gasteiger partial charge on any atom is -0.358 e. The van der Waals surface area contributed by atoms with E-state index in [4.69, 9.17) is 23.8 Å². The SMILES string of the molecule is CN(C)Cc1ccccc1CNC(=S)Nc1cc([N+](=O)[O-])ccc1Cl. The fraction of sp³-hybridized carbons (Fsp3) is 0.235. The van der Waals surface area contributed by atoms with Gasteiger partial charge < -0.3 is 15.5 Å². The lowest BCUT2D eigenvalue weighted by atomic mass is 10.1. The van der Waals surface area contributed by atoms with E-state index in [0.717, 1.165) is 12.1 Å². The molecule has 0 saturated carbocycles. The maximum Gasteiger partial charge on any atom is 0.271 e.